The number of carbonyl (C=O) groups is 2. The lowest BCUT2D eigenvalue weighted by atomic mass is 9.62. The zero-order chi connectivity index (χ0) is 19.3. The third kappa shape index (κ3) is 2.53. The van der Waals surface area contributed by atoms with E-state index in [1.165, 1.54) is 0 Å². The van der Waals surface area contributed by atoms with Crippen molar-refractivity contribution in [1.82, 2.24) is 5.32 Å². The van der Waals surface area contributed by atoms with Crippen LogP contribution in [0.15, 0.2) is 48.5 Å². The molecule has 1 saturated heterocycles. The normalized spacial score (nSPS) is 30.3. The number of hydrogen-bond acceptors (Lipinski definition) is 3. The minimum atomic E-state index is -0.763. The lowest BCUT2D eigenvalue weighted by Gasteiger charge is -2.55. The van der Waals surface area contributed by atoms with Crippen molar-refractivity contribution in [3.05, 3.63) is 59.7 Å². The molecule has 5 heteroatoms. The van der Waals surface area contributed by atoms with E-state index in [0.717, 1.165) is 48.2 Å². The highest BCUT2D eigenvalue weighted by atomic mass is 16.5. The summed E-state index contributed by atoms with van der Waals surface area (Å²) in [5, 5.41) is 6.11. The monoisotopic (exact) mass is 376 g/mol. The third-order valence-electron chi connectivity index (χ3n) is 6.58. The van der Waals surface area contributed by atoms with E-state index in [2.05, 4.69) is 10.6 Å². The number of fused-ring (bicyclic) bond motifs is 2. The Bertz CT molecular complexity index is 956. The number of amides is 2. The molecule has 2 aromatic carbocycles. The maximum absolute atomic E-state index is 13.3. The topological polar surface area (TPSA) is 67.4 Å². The fourth-order valence-electron chi connectivity index (χ4n) is 5.28. The highest BCUT2D eigenvalue weighted by Crippen LogP contribution is 2.55. The molecule has 28 heavy (non-hydrogen) atoms. The first-order valence-electron chi connectivity index (χ1n) is 10.1. The number of piperidine rings is 1. The Hall–Kier alpha value is -2.82. The Morgan fingerprint density at radius 1 is 1.14 bits per heavy atom. The quantitative estimate of drug-likeness (QED) is 0.785. The molecule has 2 bridgehead atoms. The van der Waals surface area contributed by atoms with Crippen LogP contribution in [0.4, 0.5) is 5.69 Å². The van der Waals surface area contributed by atoms with Crippen molar-refractivity contribution < 1.29 is 14.3 Å². The van der Waals surface area contributed by atoms with Gasteiger partial charge < -0.3 is 15.4 Å². The average Bonchev–Trinajstić information content (AvgIpc) is 2.68. The van der Waals surface area contributed by atoms with Crippen LogP contribution < -0.4 is 15.4 Å². The molecule has 144 valence electrons. The fraction of sp³-hybridized carbons (Fsp3) is 0.391. The van der Waals surface area contributed by atoms with Gasteiger partial charge in [0.15, 0.2) is 5.72 Å². The molecule has 2 aliphatic heterocycles. The van der Waals surface area contributed by atoms with Crippen LogP contribution in [0.5, 0.6) is 5.75 Å². The van der Waals surface area contributed by atoms with Crippen molar-refractivity contribution in [3.63, 3.8) is 0 Å². The van der Waals surface area contributed by atoms with E-state index >= 15 is 0 Å². The Kier molecular flexibility index (Phi) is 3.93. The van der Waals surface area contributed by atoms with Crippen LogP contribution in [0.25, 0.3) is 0 Å². The van der Waals surface area contributed by atoms with E-state index in [1.807, 2.05) is 55.5 Å². The summed E-state index contributed by atoms with van der Waals surface area (Å²) < 4.78 is 6.37. The van der Waals surface area contributed by atoms with Crippen LogP contribution in [0.2, 0.25) is 0 Å². The second-order valence-corrected chi connectivity index (χ2v) is 8.18. The summed E-state index contributed by atoms with van der Waals surface area (Å²) in [7, 11) is 0. The number of hydrogen-bond donors (Lipinski definition) is 2. The van der Waals surface area contributed by atoms with Gasteiger partial charge in [-0.3, -0.25) is 9.59 Å². The van der Waals surface area contributed by atoms with Crippen LogP contribution >= 0.6 is 0 Å². The molecule has 0 unspecified atom stereocenters. The molecule has 2 amide bonds. The van der Waals surface area contributed by atoms with Gasteiger partial charge in [-0.1, -0.05) is 42.8 Å². The molecule has 2 aromatic rings. The number of benzene rings is 2. The molecule has 0 radical (unpaired) electrons. The molecule has 2 fully saturated rings. The summed E-state index contributed by atoms with van der Waals surface area (Å²) in [6, 6.07) is 15.5. The first kappa shape index (κ1) is 17.3. The summed E-state index contributed by atoms with van der Waals surface area (Å²) in [5.41, 5.74) is 2.03. The summed E-state index contributed by atoms with van der Waals surface area (Å²) in [6.45, 7) is 1.95. The van der Waals surface area contributed by atoms with Crippen LogP contribution in [-0.4, -0.2) is 17.5 Å². The number of aryl methyl sites for hydroxylation is 1. The number of rotatable bonds is 2. The standard InChI is InChI=1S/C23H24N2O3/c1-14-8-2-4-11-17(14)24-21(26)20-19-15-9-3-5-12-18(15)28-23(25-22(20)27)13-7-6-10-16(19)23/h2-5,8-9,11-12,16,19-20H,6-7,10,13H2,1H3,(H,24,26)(H,25,27)/t16-,19+,20-,23-/m1/s1. The number of ether oxygens (including phenoxy) is 1. The largest absolute Gasteiger partial charge is 0.467 e. The smallest absolute Gasteiger partial charge is 0.237 e. The van der Waals surface area contributed by atoms with E-state index in [0.29, 0.717) is 0 Å². The van der Waals surface area contributed by atoms with Crippen LogP contribution in [0.3, 0.4) is 0 Å². The summed E-state index contributed by atoms with van der Waals surface area (Å²) in [5.74, 6) is -0.499. The maximum atomic E-state index is 13.3. The second kappa shape index (κ2) is 6.36. The summed E-state index contributed by atoms with van der Waals surface area (Å²) in [4.78, 5) is 26.4. The predicted molar refractivity (Wildman–Crippen MR) is 106 cm³/mol. The Balaban J connectivity index is 1.57. The molecule has 0 aromatic heterocycles. The van der Waals surface area contributed by atoms with Crippen molar-refractivity contribution in [3.8, 4) is 5.75 Å². The van der Waals surface area contributed by atoms with E-state index in [4.69, 9.17) is 4.74 Å². The van der Waals surface area contributed by atoms with Gasteiger partial charge in [0.2, 0.25) is 11.8 Å². The van der Waals surface area contributed by atoms with Gasteiger partial charge >= 0.3 is 0 Å². The molecular weight excluding hydrogens is 352 g/mol. The Morgan fingerprint density at radius 3 is 2.79 bits per heavy atom. The van der Waals surface area contributed by atoms with Gasteiger partial charge in [0.1, 0.15) is 11.7 Å². The molecule has 2 N–H and O–H groups in total. The number of nitrogens with one attached hydrogen (secondary N) is 2. The van der Waals surface area contributed by atoms with Crippen molar-refractivity contribution in [2.24, 2.45) is 11.8 Å². The van der Waals surface area contributed by atoms with Crippen molar-refractivity contribution in [2.45, 2.75) is 44.2 Å². The minimum absolute atomic E-state index is 0.112. The highest BCUT2D eigenvalue weighted by molar-refractivity contribution is 6.08. The van der Waals surface area contributed by atoms with E-state index in [1.54, 1.807) is 0 Å². The first-order valence-corrected chi connectivity index (χ1v) is 10.1. The molecule has 1 aliphatic carbocycles. The van der Waals surface area contributed by atoms with Gasteiger partial charge in [-0.05, 0) is 43.0 Å². The molecule has 1 saturated carbocycles. The fourth-order valence-corrected chi connectivity index (χ4v) is 5.28. The van der Waals surface area contributed by atoms with E-state index in [9.17, 15) is 9.59 Å². The van der Waals surface area contributed by atoms with Crippen LogP contribution in [0, 0.1) is 18.8 Å². The predicted octanol–water partition coefficient (Wildman–Crippen LogP) is 3.74. The SMILES string of the molecule is Cc1ccccc1NC(=O)[C@@H]1C(=O)N[C@@]23CCCC[C@@H]2[C@@H]1c1ccccc1O3. The second-order valence-electron chi connectivity index (χ2n) is 8.18. The van der Waals surface area contributed by atoms with Crippen LogP contribution in [0.1, 0.15) is 42.7 Å². The molecule has 0 spiro atoms. The van der Waals surface area contributed by atoms with E-state index in [-0.39, 0.29) is 23.7 Å². The minimum Gasteiger partial charge on any atom is -0.467 e. The lowest BCUT2D eigenvalue weighted by molar-refractivity contribution is -0.160. The first-order chi connectivity index (χ1) is 13.6. The molecular formula is C23H24N2O3. The van der Waals surface area contributed by atoms with Gasteiger partial charge in [-0.2, -0.15) is 0 Å². The van der Waals surface area contributed by atoms with E-state index < -0.39 is 11.6 Å². The van der Waals surface area contributed by atoms with Gasteiger partial charge in [0.25, 0.3) is 0 Å². The average molecular weight is 376 g/mol. The molecule has 5 nitrogen and oxygen atoms in total. The zero-order valence-electron chi connectivity index (χ0n) is 15.9. The maximum Gasteiger partial charge on any atom is 0.237 e. The van der Waals surface area contributed by atoms with Gasteiger partial charge in [0, 0.05) is 23.9 Å². The number of carbonyl (C=O) groups excluding carboxylic acids is 2. The third-order valence-corrected chi connectivity index (χ3v) is 6.58. The van der Waals surface area contributed by atoms with Crippen molar-refractivity contribution in [1.29, 1.82) is 0 Å². The lowest BCUT2D eigenvalue weighted by Crippen LogP contribution is -2.69. The zero-order valence-corrected chi connectivity index (χ0v) is 15.9. The molecule has 4 atom stereocenters. The summed E-state index contributed by atoms with van der Waals surface area (Å²) >= 11 is 0. The van der Waals surface area contributed by atoms with Gasteiger partial charge in [-0.15, -0.1) is 0 Å². The summed E-state index contributed by atoms with van der Waals surface area (Å²) in [6.07, 6.45) is 3.86. The molecule has 3 aliphatic rings. The number of anilines is 1. The molecule has 2 heterocycles. The molecule has 5 rings (SSSR count). The van der Waals surface area contributed by atoms with Gasteiger partial charge in [0.05, 0.1) is 0 Å². The van der Waals surface area contributed by atoms with Crippen molar-refractivity contribution >= 4 is 17.5 Å². The Morgan fingerprint density at radius 2 is 1.93 bits per heavy atom. The Labute approximate surface area is 164 Å². The number of para-hydroxylation sites is 2. The van der Waals surface area contributed by atoms with Crippen LogP contribution in [-0.2, 0) is 9.59 Å². The van der Waals surface area contributed by atoms with Gasteiger partial charge in [-0.25, -0.2) is 0 Å². The highest BCUT2D eigenvalue weighted by Gasteiger charge is 2.60. The van der Waals surface area contributed by atoms with Crippen molar-refractivity contribution in [2.75, 3.05) is 5.32 Å².